The van der Waals surface area contributed by atoms with Gasteiger partial charge in [-0.1, -0.05) is 13.8 Å². The number of benzene rings is 1. The average Bonchev–Trinajstić information content (AvgIpc) is 2.58. The van der Waals surface area contributed by atoms with Gasteiger partial charge in [-0.05, 0) is 30.2 Å². The first kappa shape index (κ1) is 20.8. The number of amides is 2. The second kappa shape index (κ2) is 10.6. The Morgan fingerprint density at radius 3 is 2.36 bits per heavy atom. The van der Waals surface area contributed by atoms with Gasteiger partial charge < -0.3 is 20.5 Å². The number of rotatable bonds is 10. The summed E-state index contributed by atoms with van der Waals surface area (Å²) >= 11 is 1.22. The molecule has 0 bridgehead atoms. The van der Waals surface area contributed by atoms with Crippen LogP contribution in [0.25, 0.3) is 0 Å². The third kappa shape index (κ3) is 7.47. The van der Waals surface area contributed by atoms with E-state index < -0.39 is 12.0 Å². The largest absolute Gasteiger partial charge is 0.497 e. The SMILES string of the molecule is COc1ccc(C(=O)NC(C(=O)NCCSCC(=O)O)C(C)C)cc1. The van der Waals surface area contributed by atoms with Gasteiger partial charge in [-0.3, -0.25) is 14.4 Å². The fourth-order valence-corrected chi connectivity index (χ4v) is 2.58. The summed E-state index contributed by atoms with van der Waals surface area (Å²) in [7, 11) is 1.54. The maximum atomic E-state index is 12.3. The first-order chi connectivity index (χ1) is 11.8. The standard InChI is InChI=1S/C17H24N2O5S/c1-11(2)15(17(23)18-8-9-25-10-14(20)21)19-16(22)12-4-6-13(24-3)7-5-12/h4-7,11,15H,8-10H2,1-3H3,(H,18,23)(H,19,22)(H,20,21). The number of thioether (sulfide) groups is 1. The van der Waals surface area contributed by atoms with Crippen molar-refractivity contribution in [3.8, 4) is 5.75 Å². The molecule has 8 heteroatoms. The van der Waals surface area contributed by atoms with Crippen LogP contribution in [-0.4, -0.2) is 54.1 Å². The minimum Gasteiger partial charge on any atom is -0.497 e. The van der Waals surface area contributed by atoms with Crippen molar-refractivity contribution in [1.29, 1.82) is 0 Å². The Hall–Kier alpha value is -2.22. The fraction of sp³-hybridized carbons (Fsp3) is 0.471. The van der Waals surface area contributed by atoms with Crippen molar-refractivity contribution in [2.24, 2.45) is 5.92 Å². The van der Waals surface area contributed by atoms with Crippen LogP contribution in [-0.2, 0) is 9.59 Å². The van der Waals surface area contributed by atoms with E-state index in [-0.39, 0.29) is 23.5 Å². The molecule has 0 aliphatic carbocycles. The van der Waals surface area contributed by atoms with E-state index >= 15 is 0 Å². The van der Waals surface area contributed by atoms with Crippen molar-refractivity contribution in [3.63, 3.8) is 0 Å². The van der Waals surface area contributed by atoms with E-state index in [1.54, 1.807) is 31.4 Å². The lowest BCUT2D eigenvalue weighted by atomic mass is 10.0. The molecule has 25 heavy (non-hydrogen) atoms. The highest BCUT2D eigenvalue weighted by molar-refractivity contribution is 7.99. The van der Waals surface area contributed by atoms with E-state index in [1.165, 1.54) is 11.8 Å². The van der Waals surface area contributed by atoms with Gasteiger partial charge in [-0.25, -0.2) is 0 Å². The van der Waals surface area contributed by atoms with E-state index in [0.29, 0.717) is 23.6 Å². The zero-order valence-electron chi connectivity index (χ0n) is 14.6. The molecule has 3 N–H and O–H groups in total. The van der Waals surface area contributed by atoms with Crippen LogP contribution >= 0.6 is 11.8 Å². The third-order valence-corrected chi connectivity index (χ3v) is 4.30. The number of nitrogens with one attached hydrogen (secondary N) is 2. The Morgan fingerprint density at radius 1 is 1.20 bits per heavy atom. The summed E-state index contributed by atoms with van der Waals surface area (Å²) in [5.41, 5.74) is 0.441. The number of hydrogen-bond acceptors (Lipinski definition) is 5. The molecule has 0 fully saturated rings. The number of ether oxygens (including phenoxy) is 1. The normalized spacial score (nSPS) is 11.7. The first-order valence-electron chi connectivity index (χ1n) is 7.87. The molecule has 1 aromatic rings. The summed E-state index contributed by atoms with van der Waals surface area (Å²) in [4.78, 5) is 35.0. The summed E-state index contributed by atoms with van der Waals surface area (Å²) in [5.74, 6) is -0.456. The lowest BCUT2D eigenvalue weighted by Crippen LogP contribution is -2.50. The van der Waals surface area contributed by atoms with Crippen molar-refractivity contribution in [2.45, 2.75) is 19.9 Å². The Kier molecular flexibility index (Phi) is 8.83. The van der Waals surface area contributed by atoms with Gasteiger partial charge >= 0.3 is 5.97 Å². The van der Waals surface area contributed by atoms with E-state index in [4.69, 9.17) is 9.84 Å². The van der Waals surface area contributed by atoms with Crippen LogP contribution in [0.4, 0.5) is 0 Å². The number of carbonyl (C=O) groups is 3. The van der Waals surface area contributed by atoms with Gasteiger partial charge in [0.2, 0.25) is 5.91 Å². The van der Waals surface area contributed by atoms with Crippen molar-refractivity contribution >= 4 is 29.5 Å². The fourth-order valence-electron chi connectivity index (χ4n) is 2.02. The number of aliphatic carboxylic acids is 1. The van der Waals surface area contributed by atoms with Gasteiger partial charge in [0.1, 0.15) is 11.8 Å². The lowest BCUT2D eigenvalue weighted by molar-refractivity contribution is -0.133. The van der Waals surface area contributed by atoms with E-state index in [1.807, 2.05) is 13.8 Å². The Bertz CT molecular complexity index is 589. The minimum atomic E-state index is -0.886. The van der Waals surface area contributed by atoms with Crippen LogP contribution in [0.3, 0.4) is 0 Å². The van der Waals surface area contributed by atoms with Crippen LogP contribution in [0.1, 0.15) is 24.2 Å². The number of carboxylic acids is 1. The molecule has 1 unspecified atom stereocenters. The number of hydrogen-bond donors (Lipinski definition) is 3. The molecular weight excluding hydrogens is 344 g/mol. The molecule has 0 spiro atoms. The average molecular weight is 368 g/mol. The van der Waals surface area contributed by atoms with Gasteiger partial charge in [0.05, 0.1) is 12.9 Å². The number of carbonyl (C=O) groups excluding carboxylic acids is 2. The topological polar surface area (TPSA) is 105 Å². The molecule has 7 nitrogen and oxygen atoms in total. The lowest BCUT2D eigenvalue weighted by Gasteiger charge is -2.21. The highest BCUT2D eigenvalue weighted by Gasteiger charge is 2.24. The smallest absolute Gasteiger partial charge is 0.313 e. The van der Waals surface area contributed by atoms with E-state index in [2.05, 4.69) is 10.6 Å². The van der Waals surface area contributed by atoms with E-state index in [9.17, 15) is 14.4 Å². The Morgan fingerprint density at radius 2 is 1.84 bits per heavy atom. The summed E-state index contributed by atoms with van der Waals surface area (Å²) in [6, 6.07) is 5.95. The van der Waals surface area contributed by atoms with Crippen LogP contribution in [0.2, 0.25) is 0 Å². The van der Waals surface area contributed by atoms with Crippen molar-refractivity contribution in [3.05, 3.63) is 29.8 Å². The first-order valence-corrected chi connectivity index (χ1v) is 9.02. The molecule has 0 heterocycles. The van der Waals surface area contributed by atoms with Gasteiger partial charge in [-0.2, -0.15) is 0 Å². The molecule has 0 aromatic heterocycles. The number of methoxy groups -OCH3 is 1. The maximum Gasteiger partial charge on any atom is 0.313 e. The van der Waals surface area contributed by atoms with Gasteiger partial charge in [0.25, 0.3) is 5.91 Å². The Balaban J connectivity index is 2.55. The monoisotopic (exact) mass is 368 g/mol. The minimum absolute atomic E-state index is 0.00230. The van der Waals surface area contributed by atoms with Crippen LogP contribution < -0.4 is 15.4 Å². The second-order valence-corrected chi connectivity index (χ2v) is 6.77. The summed E-state index contributed by atoms with van der Waals surface area (Å²) in [5, 5.41) is 14.0. The van der Waals surface area contributed by atoms with Crippen molar-refractivity contribution < 1.29 is 24.2 Å². The molecule has 0 aliphatic rings. The Labute approximate surface area is 151 Å². The van der Waals surface area contributed by atoms with Crippen LogP contribution in [0, 0.1) is 5.92 Å². The second-order valence-electron chi connectivity index (χ2n) is 5.66. The molecule has 0 saturated carbocycles. The summed E-state index contributed by atoms with van der Waals surface area (Å²) in [6.45, 7) is 4.04. The predicted molar refractivity (Wildman–Crippen MR) is 97.1 cm³/mol. The van der Waals surface area contributed by atoms with Crippen molar-refractivity contribution in [1.82, 2.24) is 10.6 Å². The van der Waals surface area contributed by atoms with Crippen LogP contribution in [0.5, 0.6) is 5.75 Å². The van der Waals surface area contributed by atoms with Gasteiger partial charge in [-0.15, -0.1) is 11.8 Å². The van der Waals surface area contributed by atoms with Gasteiger partial charge in [0, 0.05) is 17.9 Å². The molecule has 0 radical (unpaired) electrons. The van der Waals surface area contributed by atoms with Gasteiger partial charge in [0.15, 0.2) is 0 Å². The summed E-state index contributed by atoms with van der Waals surface area (Å²) in [6.07, 6.45) is 0. The molecule has 138 valence electrons. The molecule has 0 saturated heterocycles. The summed E-state index contributed by atoms with van der Waals surface area (Å²) < 4.78 is 5.05. The third-order valence-electron chi connectivity index (χ3n) is 3.36. The highest BCUT2D eigenvalue weighted by atomic mass is 32.2. The number of carboxylic acid groups (broad SMARTS) is 1. The zero-order chi connectivity index (χ0) is 18.8. The predicted octanol–water partition coefficient (Wildman–Crippen LogP) is 1.38. The molecule has 1 aromatic carbocycles. The molecule has 2 amide bonds. The molecule has 1 rings (SSSR count). The van der Waals surface area contributed by atoms with E-state index in [0.717, 1.165) is 0 Å². The highest BCUT2D eigenvalue weighted by Crippen LogP contribution is 2.12. The molecule has 0 aliphatic heterocycles. The maximum absolute atomic E-state index is 12.3. The molecular formula is C17H24N2O5S. The molecule has 1 atom stereocenters. The van der Waals surface area contributed by atoms with Crippen molar-refractivity contribution in [2.75, 3.05) is 25.2 Å². The quantitative estimate of drug-likeness (QED) is 0.539. The zero-order valence-corrected chi connectivity index (χ0v) is 15.4. The van der Waals surface area contributed by atoms with Crippen LogP contribution in [0.15, 0.2) is 24.3 Å².